The minimum absolute atomic E-state index is 0.252. The van der Waals surface area contributed by atoms with Gasteiger partial charge in [-0.2, -0.15) is 8.42 Å². The maximum absolute atomic E-state index is 11.3. The van der Waals surface area contributed by atoms with Gasteiger partial charge < -0.3 is 5.32 Å². The van der Waals surface area contributed by atoms with Crippen molar-refractivity contribution in [2.75, 3.05) is 5.32 Å². The van der Waals surface area contributed by atoms with Crippen LogP contribution in [-0.2, 0) is 14.9 Å². The SMILES string of the molecule is O=CNc1ccc(S(=O)(=O)O)cc1-c1nc2ccccc2s1. The summed E-state index contributed by atoms with van der Waals surface area (Å²) in [7, 11) is -4.33. The predicted molar refractivity (Wildman–Crippen MR) is 84.6 cm³/mol. The largest absolute Gasteiger partial charge is 0.328 e. The molecule has 0 bridgehead atoms. The zero-order valence-electron chi connectivity index (χ0n) is 11.1. The molecule has 0 atom stereocenters. The number of para-hydroxylation sites is 1. The molecular weight excluding hydrogens is 324 g/mol. The van der Waals surface area contributed by atoms with Crippen LogP contribution in [0, 0.1) is 0 Å². The average Bonchev–Trinajstić information content (AvgIpc) is 2.90. The van der Waals surface area contributed by atoms with Crippen molar-refractivity contribution >= 4 is 43.8 Å². The Morgan fingerprint density at radius 1 is 1.18 bits per heavy atom. The van der Waals surface area contributed by atoms with Crippen LogP contribution < -0.4 is 5.32 Å². The van der Waals surface area contributed by atoms with E-state index in [-0.39, 0.29) is 4.90 Å². The van der Waals surface area contributed by atoms with Crippen LogP contribution in [0.25, 0.3) is 20.8 Å². The zero-order chi connectivity index (χ0) is 15.7. The summed E-state index contributed by atoms with van der Waals surface area (Å²) in [6.07, 6.45) is 0.499. The van der Waals surface area contributed by atoms with Crippen LogP contribution in [0.2, 0.25) is 0 Å². The van der Waals surface area contributed by atoms with Gasteiger partial charge in [-0.25, -0.2) is 4.98 Å². The molecular formula is C14H10N2O4S2. The molecule has 0 spiro atoms. The number of carbonyl (C=O) groups excluding carboxylic acids is 1. The first-order valence-electron chi connectivity index (χ1n) is 6.17. The summed E-state index contributed by atoms with van der Waals surface area (Å²) < 4.78 is 32.7. The third-order valence-electron chi connectivity index (χ3n) is 3.03. The number of rotatable bonds is 4. The van der Waals surface area contributed by atoms with Gasteiger partial charge in [0.05, 0.1) is 20.8 Å². The summed E-state index contributed by atoms with van der Waals surface area (Å²) in [5, 5.41) is 3.06. The molecule has 0 saturated heterocycles. The van der Waals surface area contributed by atoms with Crippen LogP contribution in [0.1, 0.15) is 0 Å². The van der Waals surface area contributed by atoms with E-state index in [1.807, 2.05) is 24.3 Å². The highest BCUT2D eigenvalue weighted by atomic mass is 32.2. The van der Waals surface area contributed by atoms with Gasteiger partial charge in [-0.05, 0) is 30.3 Å². The van der Waals surface area contributed by atoms with Crippen LogP contribution in [0.5, 0.6) is 0 Å². The highest BCUT2D eigenvalue weighted by Gasteiger charge is 2.16. The van der Waals surface area contributed by atoms with E-state index in [0.717, 1.165) is 10.2 Å². The number of hydrogen-bond acceptors (Lipinski definition) is 5. The fourth-order valence-electron chi connectivity index (χ4n) is 2.04. The van der Waals surface area contributed by atoms with E-state index in [1.54, 1.807) is 0 Å². The summed E-state index contributed by atoms with van der Waals surface area (Å²) in [6.45, 7) is 0. The fourth-order valence-corrected chi connectivity index (χ4v) is 3.54. The first-order valence-corrected chi connectivity index (χ1v) is 8.42. The lowest BCUT2D eigenvalue weighted by Gasteiger charge is -2.07. The second kappa shape index (κ2) is 5.48. The smallest absolute Gasteiger partial charge is 0.294 e. The Kier molecular flexibility index (Phi) is 3.65. The van der Waals surface area contributed by atoms with Gasteiger partial charge in [-0.15, -0.1) is 11.3 Å². The number of carbonyl (C=O) groups is 1. The van der Waals surface area contributed by atoms with E-state index in [2.05, 4.69) is 10.3 Å². The number of nitrogens with zero attached hydrogens (tertiary/aromatic N) is 1. The van der Waals surface area contributed by atoms with Crippen molar-refractivity contribution < 1.29 is 17.8 Å². The molecule has 22 heavy (non-hydrogen) atoms. The minimum Gasteiger partial charge on any atom is -0.328 e. The van der Waals surface area contributed by atoms with Crippen molar-refractivity contribution in [2.24, 2.45) is 0 Å². The summed E-state index contributed by atoms with van der Waals surface area (Å²) in [5.74, 6) is 0. The highest BCUT2D eigenvalue weighted by molar-refractivity contribution is 7.85. The number of thiazole rings is 1. The van der Waals surface area contributed by atoms with Gasteiger partial charge in [0.2, 0.25) is 6.41 Å². The number of aromatic nitrogens is 1. The van der Waals surface area contributed by atoms with Crippen LogP contribution >= 0.6 is 11.3 Å². The van der Waals surface area contributed by atoms with Crippen molar-refractivity contribution in [3.05, 3.63) is 42.5 Å². The van der Waals surface area contributed by atoms with E-state index in [4.69, 9.17) is 0 Å². The average molecular weight is 334 g/mol. The summed E-state index contributed by atoms with van der Waals surface area (Å²) in [4.78, 5) is 14.9. The molecule has 0 aliphatic rings. The van der Waals surface area contributed by atoms with E-state index in [0.29, 0.717) is 22.7 Å². The van der Waals surface area contributed by atoms with Gasteiger partial charge in [0.25, 0.3) is 10.1 Å². The van der Waals surface area contributed by atoms with Crippen molar-refractivity contribution in [1.82, 2.24) is 4.98 Å². The third kappa shape index (κ3) is 2.71. The predicted octanol–water partition coefficient (Wildman–Crippen LogP) is 2.78. The van der Waals surface area contributed by atoms with E-state index >= 15 is 0 Å². The molecule has 6 nitrogen and oxygen atoms in total. The number of amides is 1. The molecule has 112 valence electrons. The maximum Gasteiger partial charge on any atom is 0.294 e. The van der Waals surface area contributed by atoms with Crippen molar-refractivity contribution in [3.63, 3.8) is 0 Å². The molecule has 0 aliphatic carbocycles. The van der Waals surface area contributed by atoms with Crippen molar-refractivity contribution in [1.29, 1.82) is 0 Å². The van der Waals surface area contributed by atoms with E-state index in [9.17, 15) is 17.8 Å². The minimum atomic E-state index is -4.33. The Bertz CT molecular complexity index is 931. The maximum atomic E-state index is 11.3. The number of anilines is 1. The molecule has 2 N–H and O–H groups in total. The molecule has 0 fully saturated rings. The van der Waals surface area contributed by atoms with Gasteiger partial charge in [0.1, 0.15) is 5.01 Å². The fraction of sp³-hybridized carbons (Fsp3) is 0. The lowest BCUT2D eigenvalue weighted by molar-refractivity contribution is -0.105. The Morgan fingerprint density at radius 3 is 2.64 bits per heavy atom. The lowest BCUT2D eigenvalue weighted by Crippen LogP contribution is -2.01. The van der Waals surface area contributed by atoms with Gasteiger partial charge in [0.15, 0.2) is 0 Å². The second-order valence-electron chi connectivity index (χ2n) is 4.43. The Morgan fingerprint density at radius 2 is 1.95 bits per heavy atom. The molecule has 2 aromatic carbocycles. The molecule has 0 aliphatic heterocycles. The van der Waals surface area contributed by atoms with E-state index in [1.165, 1.54) is 29.5 Å². The van der Waals surface area contributed by atoms with Crippen LogP contribution in [0.15, 0.2) is 47.4 Å². The quantitative estimate of drug-likeness (QED) is 0.565. The topological polar surface area (TPSA) is 96.4 Å². The monoisotopic (exact) mass is 334 g/mol. The van der Waals surface area contributed by atoms with Gasteiger partial charge >= 0.3 is 0 Å². The second-order valence-corrected chi connectivity index (χ2v) is 6.88. The molecule has 1 amide bonds. The Hall–Kier alpha value is -2.29. The first-order chi connectivity index (χ1) is 10.5. The number of nitrogens with one attached hydrogen (secondary N) is 1. The molecule has 1 aromatic heterocycles. The highest BCUT2D eigenvalue weighted by Crippen LogP contribution is 2.35. The van der Waals surface area contributed by atoms with Crippen LogP contribution in [0.4, 0.5) is 5.69 Å². The molecule has 0 radical (unpaired) electrons. The molecule has 3 aromatic rings. The van der Waals surface area contributed by atoms with Crippen molar-refractivity contribution in [2.45, 2.75) is 4.90 Å². The lowest BCUT2D eigenvalue weighted by atomic mass is 10.2. The summed E-state index contributed by atoms with van der Waals surface area (Å²) in [6, 6.07) is 11.4. The molecule has 0 unspecified atom stereocenters. The van der Waals surface area contributed by atoms with Crippen LogP contribution in [0.3, 0.4) is 0 Å². The Balaban J connectivity index is 2.23. The van der Waals surface area contributed by atoms with Crippen LogP contribution in [-0.4, -0.2) is 24.4 Å². The normalized spacial score (nSPS) is 11.5. The Labute approximate surface area is 130 Å². The van der Waals surface area contributed by atoms with Gasteiger partial charge in [-0.3, -0.25) is 9.35 Å². The number of hydrogen-bond donors (Lipinski definition) is 2. The zero-order valence-corrected chi connectivity index (χ0v) is 12.7. The molecule has 0 saturated carbocycles. The molecule has 8 heteroatoms. The summed E-state index contributed by atoms with van der Waals surface area (Å²) in [5.41, 5.74) is 1.63. The number of fused-ring (bicyclic) bond motifs is 1. The number of benzene rings is 2. The standard InChI is InChI=1S/C14H10N2O4S2/c17-8-15-11-6-5-9(22(18,19)20)7-10(11)14-16-12-3-1-2-4-13(12)21-14/h1-8H,(H,15,17)(H,18,19,20). The van der Waals surface area contributed by atoms with E-state index < -0.39 is 10.1 Å². The molecule has 3 rings (SSSR count). The first kappa shape index (κ1) is 14.6. The van der Waals surface area contributed by atoms with Gasteiger partial charge in [0, 0.05) is 5.56 Å². The molecule has 1 heterocycles. The summed E-state index contributed by atoms with van der Waals surface area (Å²) >= 11 is 1.37. The van der Waals surface area contributed by atoms with Gasteiger partial charge in [-0.1, -0.05) is 12.1 Å². The third-order valence-corrected chi connectivity index (χ3v) is 4.95. The van der Waals surface area contributed by atoms with Crippen molar-refractivity contribution in [3.8, 4) is 10.6 Å².